The van der Waals surface area contributed by atoms with Gasteiger partial charge in [-0.2, -0.15) is 10.1 Å². The van der Waals surface area contributed by atoms with E-state index in [4.69, 9.17) is 11.6 Å². The van der Waals surface area contributed by atoms with Crippen molar-refractivity contribution in [1.29, 1.82) is 0 Å². The van der Waals surface area contributed by atoms with E-state index in [-0.39, 0.29) is 0 Å². The molecule has 0 saturated carbocycles. The van der Waals surface area contributed by atoms with Crippen LogP contribution in [0.1, 0.15) is 19.3 Å². The first-order valence-corrected chi connectivity index (χ1v) is 7.16. The van der Waals surface area contributed by atoms with Gasteiger partial charge in [-0.1, -0.05) is 17.7 Å². The molecule has 1 fully saturated rings. The molecule has 6 heteroatoms. The van der Waals surface area contributed by atoms with E-state index in [2.05, 4.69) is 25.4 Å². The first-order valence-electron chi connectivity index (χ1n) is 6.78. The molecular weight excluding hydrogens is 274 g/mol. The van der Waals surface area contributed by atoms with Crippen LogP contribution >= 0.6 is 11.6 Å². The Bertz CT molecular complexity index is 583. The van der Waals surface area contributed by atoms with Crippen LogP contribution in [0, 0.1) is 0 Å². The molecule has 0 aliphatic carbocycles. The number of rotatable bonds is 3. The van der Waals surface area contributed by atoms with Gasteiger partial charge in [-0.25, -0.2) is 0 Å². The quantitative estimate of drug-likeness (QED) is 0.940. The van der Waals surface area contributed by atoms with Crippen LogP contribution in [-0.4, -0.2) is 28.3 Å². The van der Waals surface area contributed by atoms with E-state index in [9.17, 15) is 0 Å². The van der Waals surface area contributed by atoms with E-state index in [0.717, 1.165) is 18.8 Å². The summed E-state index contributed by atoms with van der Waals surface area (Å²) >= 11 is 5.97. The zero-order chi connectivity index (χ0) is 13.8. The lowest BCUT2D eigenvalue weighted by Crippen LogP contribution is -2.31. The second-order valence-corrected chi connectivity index (χ2v) is 5.26. The monoisotopic (exact) mass is 289 g/mol. The maximum atomic E-state index is 5.97. The van der Waals surface area contributed by atoms with Gasteiger partial charge in [0.25, 0.3) is 0 Å². The number of hydrogen-bond acceptors (Lipinski definition) is 5. The molecule has 1 aliphatic heterocycles. The fourth-order valence-electron chi connectivity index (χ4n) is 2.30. The fraction of sp³-hybridized carbons (Fsp3) is 0.357. The van der Waals surface area contributed by atoms with Gasteiger partial charge >= 0.3 is 0 Å². The van der Waals surface area contributed by atoms with Crippen LogP contribution in [0.3, 0.4) is 0 Å². The summed E-state index contributed by atoms with van der Waals surface area (Å²) in [5.41, 5.74) is 0.891. The minimum atomic E-state index is 0.683. The Hall–Kier alpha value is -1.88. The molecule has 1 aromatic carbocycles. The van der Waals surface area contributed by atoms with E-state index in [1.165, 1.54) is 19.3 Å². The summed E-state index contributed by atoms with van der Waals surface area (Å²) in [6, 6.07) is 7.52. The van der Waals surface area contributed by atoms with Crippen LogP contribution in [0.15, 0.2) is 30.5 Å². The molecule has 0 unspecified atom stereocenters. The van der Waals surface area contributed by atoms with Crippen molar-refractivity contribution >= 4 is 29.1 Å². The predicted octanol–water partition coefficient (Wildman–Crippen LogP) is 3.26. The summed E-state index contributed by atoms with van der Waals surface area (Å²) in [5, 5.41) is 12.0. The highest BCUT2D eigenvalue weighted by Crippen LogP contribution is 2.20. The van der Waals surface area contributed by atoms with Crippen LogP contribution in [-0.2, 0) is 0 Å². The molecule has 2 aromatic rings. The third kappa shape index (κ3) is 3.17. The Kier molecular flexibility index (Phi) is 3.97. The summed E-state index contributed by atoms with van der Waals surface area (Å²) in [6.45, 7) is 2.00. The lowest BCUT2D eigenvalue weighted by atomic mass is 10.1. The van der Waals surface area contributed by atoms with Gasteiger partial charge in [0, 0.05) is 23.8 Å². The molecule has 0 atom stereocenters. The third-order valence-electron chi connectivity index (χ3n) is 3.28. The maximum absolute atomic E-state index is 5.97. The zero-order valence-electron chi connectivity index (χ0n) is 11.1. The maximum Gasteiger partial charge on any atom is 0.247 e. The standard InChI is InChI=1S/C14H16ClN5/c15-11-5-4-6-12(9-11)17-13-10-16-19-14(18-13)20-7-2-1-3-8-20/h4-6,9-10H,1-3,7-8H2,(H,17,18,19). The first-order chi connectivity index (χ1) is 9.81. The van der Waals surface area contributed by atoms with Crippen LogP contribution in [0.25, 0.3) is 0 Å². The molecule has 0 radical (unpaired) electrons. The average Bonchev–Trinajstić information content (AvgIpc) is 2.48. The van der Waals surface area contributed by atoms with E-state index < -0.39 is 0 Å². The Labute approximate surface area is 123 Å². The minimum absolute atomic E-state index is 0.683. The van der Waals surface area contributed by atoms with Crippen molar-refractivity contribution < 1.29 is 0 Å². The molecule has 5 nitrogen and oxygen atoms in total. The lowest BCUT2D eigenvalue weighted by Gasteiger charge is -2.26. The SMILES string of the molecule is Clc1cccc(Nc2cnnc(N3CCCCC3)n2)c1. The summed E-state index contributed by atoms with van der Waals surface area (Å²) in [6.07, 6.45) is 5.28. The summed E-state index contributed by atoms with van der Waals surface area (Å²) in [4.78, 5) is 6.70. The number of nitrogens with zero attached hydrogens (tertiary/aromatic N) is 4. The van der Waals surface area contributed by atoms with Crippen LogP contribution in [0.2, 0.25) is 5.02 Å². The van der Waals surface area contributed by atoms with Crippen molar-refractivity contribution in [2.75, 3.05) is 23.3 Å². The highest BCUT2D eigenvalue weighted by molar-refractivity contribution is 6.30. The molecular formula is C14H16ClN5. The van der Waals surface area contributed by atoms with Gasteiger partial charge in [0.15, 0.2) is 5.82 Å². The normalized spacial score (nSPS) is 15.2. The second-order valence-electron chi connectivity index (χ2n) is 4.82. The third-order valence-corrected chi connectivity index (χ3v) is 3.52. The van der Waals surface area contributed by atoms with Gasteiger partial charge in [0.05, 0.1) is 6.20 Å². The van der Waals surface area contributed by atoms with Crippen LogP contribution < -0.4 is 10.2 Å². The number of aromatic nitrogens is 3. The Morgan fingerprint density at radius 3 is 2.80 bits per heavy atom. The molecule has 0 amide bonds. The first kappa shape index (κ1) is 13.1. The van der Waals surface area contributed by atoms with Crippen molar-refractivity contribution in [2.24, 2.45) is 0 Å². The van der Waals surface area contributed by atoms with Gasteiger partial charge in [-0.3, -0.25) is 0 Å². The number of benzene rings is 1. The van der Waals surface area contributed by atoms with Crippen molar-refractivity contribution in [3.63, 3.8) is 0 Å². The van der Waals surface area contributed by atoms with E-state index in [0.29, 0.717) is 16.8 Å². The van der Waals surface area contributed by atoms with E-state index >= 15 is 0 Å². The summed E-state index contributed by atoms with van der Waals surface area (Å²) in [5.74, 6) is 1.37. The van der Waals surface area contributed by atoms with Gasteiger partial charge in [-0.05, 0) is 37.5 Å². The summed E-state index contributed by atoms with van der Waals surface area (Å²) in [7, 11) is 0. The van der Waals surface area contributed by atoms with Gasteiger partial charge in [-0.15, -0.1) is 5.10 Å². The van der Waals surface area contributed by atoms with Gasteiger partial charge in [0.1, 0.15) is 0 Å². The topological polar surface area (TPSA) is 53.9 Å². The Balaban J connectivity index is 1.77. The number of nitrogens with one attached hydrogen (secondary N) is 1. The zero-order valence-corrected chi connectivity index (χ0v) is 11.8. The number of anilines is 3. The average molecular weight is 290 g/mol. The second kappa shape index (κ2) is 6.05. The Morgan fingerprint density at radius 1 is 1.15 bits per heavy atom. The molecule has 104 valence electrons. The molecule has 0 bridgehead atoms. The molecule has 2 heterocycles. The van der Waals surface area contributed by atoms with E-state index in [1.807, 2.05) is 24.3 Å². The van der Waals surface area contributed by atoms with Crippen molar-refractivity contribution in [3.8, 4) is 0 Å². The largest absolute Gasteiger partial charge is 0.339 e. The summed E-state index contributed by atoms with van der Waals surface area (Å²) < 4.78 is 0. The molecule has 0 spiro atoms. The minimum Gasteiger partial charge on any atom is -0.339 e. The van der Waals surface area contributed by atoms with Gasteiger partial charge in [0.2, 0.25) is 5.95 Å². The van der Waals surface area contributed by atoms with Gasteiger partial charge < -0.3 is 10.2 Å². The molecule has 1 N–H and O–H groups in total. The van der Waals surface area contributed by atoms with Crippen molar-refractivity contribution in [1.82, 2.24) is 15.2 Å². The molecule has 20 heavy (non-hydrogen) atoms. The highest BCUT2D eigenvalue weighted by atomic mass is 35.5. The van der Waals surface area contributed by atoms with Crippen molar-refractivity contribution in [3.05, 3.63) is 35.5 Å². The highest BCUT2D eigenvalue weighted by Gasteiger charge is 2.14. The molecule has 1 aromatic heterocycles. The van der Waals surface area contributed by atoms with E-state index in [1.54, 1.807) is 6.20 Å². The molecule has 3 rings (SSSR count). The van der Waals surface area contributed by atoms with Crippen LogP contribution in [0.4, 0.5) is 17.5 Å². The number of piperidine rings is 1. The number of hydrogen-bond donors (Lipinski definition) is 1. The predicted molar refractivity (Wildman–Crippen MR) is 80.6 cm³/mol. The smallest absolute Gasteiger partial charge is 0.247 e. The fourth-order valence-corrected chi connectivity index (χ4v) is 2.49. The number of halogens is 1. The lowest BCUT2D eigenvalue weighted by molar-refractivity contribution is 0.565. The van der Waals surface area contributed by atoms with Crippen LogP contribution in [0.5, 0.6) is 0 Å². The molecule has 1 saturated heterocycles. The Morgan fingerprint density at radius 2 is 2.00 bits per heavy atom. The molecule has 1 aliphatic rings. The van der Waals surface area contributed by atoms with Crippen molar-refractivity contribution in [2.45, 2.75) is 19.3 Å².